The molecule has 0 aliphatic carbocycles. The van der Waals surface area contributed by atoms with E-state index in [-0.39, 0.29) is 6.04 Å². The second kappa shape index (κ2) is 10.8. The molecule has 0 aromatic heterocycles. The Bertz CT molecular complexity index is 1090. The lowest BCUT2D eigenvalue weighted by Gasteiger charge is -2.32. The average molecular weight is 482 g/mol. The maximum absolute atomic E-state index is 12.0. The Balaban J connectivity index is 1.76. The zero-order valence-corrected chi connectivity index (χ0v) is 20.0. The van der Waals surface area contributed by atoms with Crippen LogP contribution in [0.25, 0.3) is 0 Å². The number of methoxy groups -OCH3 is 2. The van der Waals surface area contributed by atoms with E-state index in [1.54, 1.807) is 14.2 Å². The van der Waals surface area contributed by atoms with E-state index in [1.165, 1.54) is 0 Å². The lowest BCUT2D eigenvalue weighted by molar-refractivity contribution is -0.142. The highest BCUT2D eigenvalue weighted by atomic mass is 35.5. The molecule has 1 heterocycles. The summed E-state index contributed by atoms with van der Waals surface area (Å²) >= 11 is 6.14. The molecule has 0 bridgehead atoms. The fourth-order valence-corrected chi connectivity index (χ4v) is 4.64. The van der Waals surface area contributed by atoms with Crippen LogP contribution in [0.2, 0.25) is 5.02 Å². The third-order valence-corrected chi connectivity index (χ3v) is 6.37. The number of likely N-dealkylation sites (tertiary alicyclic amines) is 1. The second-order valence-electron chi connectivity index (χ2n) is 8.22. The zero-order valence-electron chi connectivity index (χ0n) is 19.2. The molecule has 3 aromatic carbocycles. The number of carboxylic acid groups (broad SMARTS) is 1. The van der Waals surface area contributed by atoms with Crippen molar-refractivity contribution in [2.75, 3.05) is 20.8 Å². The van der Waals surface area contributed by atoms with E-state index in [0.717, 1.165) is 23.1 Å². The fourth-order valence-electron chi connectivity index (χ4n) is 4.51. The van der Waals surface area contributed by atoms with Crippen molar-refractivity contribution in [3.8, 4) is 17.2 Å². The molecule has 0 radical (unpaired) electrons. The highest BCUT2D eigenvalue weighted by Crippen LogP contribution is 2.44. The summed E-state index contributed by atoms with van der Waals surface area (Å²) in [5.41, 5.74) is 2.83. The Morgan fingerprint density at radius 1 is 1.03 bits per heavy atom. The van der Waals surface area contributed by atoms with Crippen LogP contribution in [0.1, 0.15) is 35.6 Å². The van der Waals surface area contributed by atoms with Crippen LogP contribution < -0.4 is 14.2 Å². The van der Waals surface area contributed by atoms with Gasteiger partial charge >= 0.3 is 5.97 Å². The van der Waals surface area contributed by atoms with Crippen LogP contribution in [-0.2, 0) is 11.4 Å². The van der Waals surface area contributed by atoms with Crippen LogP contribution in [0.15, 0.2) is 66.7 Å². The number of rotatable bonds is 9. The first kappa shape index (κ1) is 23.9. The van der Waals surface area contributed by atoms with Crippen LogP contribution >= 0.6 is 11.6 Å². The van der Waals surface area contributed by atoms with E-state index in [2.05, 4.69) is 0 Å². The van der Waals surface area contributed by atoms with Crippen LogP contribution in [0.3, 0.4) is 0 Å². The van der Waals surface area contributed by atoms with Crippen molar-refractivity contribution in [1.82, 2.24) is 4.90 Å². The molecular weight excluding hydrogens is 454 g/mol. The van der Waals surface area contributed by atoms with E-state index in [1.807, 2.05) is 71.6 Å². The molecule has 2 atom stereocenters. The van der Waals surface area contributed by atoms with Gasteiger partial charge in [0.25, 0.3) is 0 Å². The number of hydrogen-bond acceptors (Lipinski definition) is 5. The van der Waals surface area contributed by atoms with Gasteiger partial charge in [0, 0.05) is 11.6 Å². The van der Waals surface area contributed by atoms with Gasteiger partial charge in [-0.15, -0.1) is 0 Å². The van der Waals surface area contributed by atoms with Crippen molar-refractivity contribution in [1.29, 1.82) is 0 Å². The minimum Gasteiger partial charge on any atom is -0.493 e. The smallest absolute Gasteiger partial charge is 0.320 e. The predicted octanol–water partition coefficient (Wildman–Crippen LogP) is 5.57. The lowest BCUT2D eigenvalue weighted by Crippen LogP contribution is -2.39. The summed E-state index contributed by atoms with van der Waals surface area (Å²) in [5.74, 6) is 0.729. The Hall–Kier alpha value is -3.22. The maximum atomic E-state index is 12.0. The molecule has 0 saturated carbocycles. The highest BCUT2D eigenvalue weighted by Gasteiger charge is 2.37. The molecule has 4 rings (SSSR count). The molecule has 34 heavy (non-hydrogen) atoms. The van der Waals surface area contributed by atoms with Crippen LogP contribution in [-0.4, -0.2) is 42.8 Å². The number of benzene rings is 3. The minimum atomic E-state index is -0.821. The van der Waals surface area contributed by atoms with Gasteiger partial charge in [-0.05, 0) is 53.8 Å². The number of aliphatic carboxylic acids is 1. The number of nitrogens with zero attached hydrogens (tertiary/aromatic N) is 1. The van der Waals surface area contributed by atoms with Crippen LogP contribution in [0, 0.1) is 0 Å². The predicted molar refractivity (Wildman–Crippen MR) is 131 cm³/mol. The average Bonchev–Trinajstić information content (AvgIpc) is 3.34. The number of carbonyl (C=O) groups is 1. The third-order valence-electron chi connectivity index (χ3n) is 6.12. The summed E-state index contributed by atoms with van der Waals surface area (Å²) in [7, 11) is 3.17. The van der Waals surface area contributed by atoms with Gasteiger partial charge < -0.3 is 19.3 Å². The molecule has 3 aromatic rings. The molecule has 2 unspecified atom stereocenters. The van der Waals surface area contributed by atoms with E-state index in [0.29, 0.717) is 41.8 Å². The summed E-state index contributed by atoms with van der Waals surface area (Å²) in [6, 6.07) is 20.3. The molecule has 1 saturated heterocycles. The number of halogens is 1. The normalized spacial score (nSPS) is 16.7. The standard InChI is InChI=1S/C27H28ClNO5/c1-32-23-15-20(16-24(33-2)26(23)34-17-18-7-4-3-5-8-18)25(19-10-12-21(28)13-11-19)29-14-6-9-22(29)27(30)31/h3-5,7-8,10-13,15-16,22,25H,6,9,14,17H2,1-2H3,(H,30,31). The van der Waals surface area contributed by atoms with Gasteiger partial charge in [0.2, 0.25) is 5.75 Å². The highest BCUT2D eigenvalue weighted by molar-refractivity contribution is 6.30. The van der Waals surface area contributed by atoms with Gasteiger partial charge in [0.1, 0.15) is 12.6 Å². The van der Waals surface area contributed by atoms with Gasteiger partial charge in [-0.3, -0.25) is 9.69 Å². The molecule has 1 fully saturated rings. The van der Waals surface area contributed by atoms with E-state index in [4.69, 9.17) is 25.8 Å². The second-order valence-corrected chi connectivity index (χ2v) is 8.65. The van der Waals surface area contributed by atoms with Crippen molar-refractivity contribution in [2.24, 2.45) is 0 Å². The first-order chi connectivity index (χ1) is 16.5. The van der Waals surface area contributed by atoms with E-state index < -0.39 is 12.0 Å². The maximum Gasteiger partial charge on any atom is 0.320 e. The Morgan fingerprint density at radius 3 is 2.26 bits per heavy atom. The number of hydrogen-bond donors (Lipinski definition) is 1. The SMILES string of the molecule is COc1cc(C(c2ccc(Cl)cc2)N2CCCC2C(=O)O)cc(OC)c1OCc1ccccc1. The Morgan fingerprint density at radius 2 is 1.68 bits per heavy atom. The van der Waals surface area contributed by atoms with Crippen molar-refractivity contribution in [3.63, 3.8) is 0 Å². The molecule has 1 N–H and O–H groups in total. The van der Waals surface area contributed by atoms with Gasteiger partial charge in [-0.2, -0.15) is 0 Å². The largest absolute Gasteiger partial charge is 0.493 e. The fraction of sp³-hybridized carbons (Fsp3) is 0.296. The van der Waals surface area contributed by atoms with Gasteiger partial charge in [-0.25, -0.2) is 0 Å². The van der Waals surface area contributed by atoms with Crippen molar-refractivity contribution in [3.05, 3.63) is 88.4 Å². The molecular formula is C27H28ClNO5. The van der Waals surface area contributed by atoms with Crippen molar-refractivity contribution >= 4 is 17.6 Å². The molecule has 7 heteroatoms. The monoisotopic (exact) mass is 481 g/mol. The van der Waals surface area contributed by atoms with Crippen molar-refractivity contribution < 1.29 is 24.1 Å². The summed E-state index contributed by atoms with van der Waals surface area (Å²) < 4.78 is 17.5. The third kappa shape index (κ3) is 5.13. The first-order valence-electron chi connectivity index (χ1n) is 11.2. The summed E-state index contributed by atoms with van der Waals surface area (Å²) in [4.78, 5) is 14.0. The Kier molecular flexibility index (Phi) is 7.60. The minimum absolute atomic E-state index is 0.313. The topological polar surface area (TPSA) is 68.2 Å². The molecule has 1 aliphatic heterocycles. The molecule has 1 aliphatic rings. The van der Waals surface area contributed by atoms with Gasteiger partial charge in [0.15, 0.2) is 11.5 Å². The van der Waals surface area contributed by atoms with Gasteiger partial charge in [0.05, 0.1) is 20.3 Å². The summed E-state index contributed by atoms with van der Waals surface area (Å²) in [5, 5.41) is 10.5. The quantitative estimate of drug-likeness (QED) is 0.430. The van der Waals surface area contributed by atoms with Crippen LogP contribution in [0.4, 0.5) is 0 Å². The lowest BCUT2D eigenvalue weighted by atomic mass is 9.95. The molecule has 6 nitrogen and oxygen atoms in total. The number of ether oxygens (including phenoxy) is 3. The van der Waals surface area contributed by atoms with E-state index >= 15 is 0 Å². The van der Waals surface area contributed by atoms with E-state index in [9.17, 15) is 9.90 Å². The molecule has 178 valence electrons. The number of carboxylic acids is 1. The van der Waals surface area contributed by atoms with Crippen molar-refractivity contribution in [2.45, 2.75) is 31.5 Å². The van der Waals surface area contributed by atoms with Crippen LogP contribution in [0.5, 0.6) is 17.2 Å². The summed E-state index contributed by atoms with van der Waals surface area (Å²) in [6.07, 6.45) is 1.42. The zero-order chi connectivity index (χ0) is 24.1. The molecule has 0 amide bonds. The first-order valence-corrected chi connectivity index (χ1v) is 11.6. The van der Waals surface area contributed by atoms with Gasteiger partial charge in [-0.1, -0.05) is 54.1 Å². The Labute approximate surface area is 204 Å². The molecule has 0 spiro atoms. The summed E-state index contributed by atoms with van der Waals surface area (Å²) in [6.45, 7) is 1.03.